The molecular formula is C15H22N6. The van der Waals surface area contributed by atoms with Crippen molar-refractivity contribution in [3.8, 4) is 0 Å². The average molecular weight is 286 g/mol. The molecule has 6 nitrogen and oxygen atoms in total. The van der Waals surface area contributed by atoms with Crippen LogP contribution < -0.4 is 10.2 Å². The third-order valence-corrected chi connectivity index (χ3v) is 4.50. The lowest BCUT2D eigenvalue weighted by Crippen LogP contribution is -2.47. The first-order chi connectivity index (χ1) is 10.3. The summed E-state index contributed by atoms with van der Waals surface area (Å²) in [5.41, 5.74) is 1.00. The van der Waals surface area contributed by atoms with Crippen LogP contribution in [-0.4, -0.2) is 44.8 Å². The molecule has 0 amide bonds. The number of hydrogen-bond donors (Lipinski definition) is 1. The molecule has 112 valence electrons. The molecule has 21 heavy (non-hydrogen) atoms. The van der Waals surface area contributed by atoms with Crippen LogP contribution in [0.15, 0.2) is 12.4 Å². The van der Waals surface area contributed by atoms with E-state index in [9.17, 15) is 0 Å². The number of anilines is 1. The molecular weight excluding hydrogens is 264 g/mol. The Morgan fingerprint density at radius 2 is 2.19 bits per heavy atom. The van der Waals surface area contributed by atoms with Crippen LogP contribution >= 0.6 is 0 Å². The number of nitrogens with zero attached hydrogens (tertiary/aromatic N) is 5. The van der Waals surface area contributed by atoms with Crippen molar-refractivity contribution in [1.29, 1.82) is 0 Å². The summed E-state index contributed by atoms with van der Waals surface area (Å²) >= 11 is 0. The Kier molecular flexibility index (Phi) is 3.25. The number of piperidine rings is 1. The molecule has 1 saturated heterocycles. The van der Waals surface area contributed by atoms with Crippen molar-refractivity contribution in [3.05, 3.63) is 18.1 Å². The summed E-state index contributed by atoms with van der Waals surface area (Å²) in [4.78, 5) is 11.2. The minimum absolute atomic E-state index is 0.550. The van der Waals surface area contributed by atoms with Gasteiger partial charge in [0.05, 0.1) is 0 Å². The molecule has 1 atom stereocenters. The van der Waals surface area contributed by atoms with Crippen molar-refractivity contribution in [3.63, 3.8) is 0 Å². The van der Waals surface area contributed by atoms with Crippen molar-refractivity contribution < 1.29 is 0 Å². The fraction of sp³-hybridized carbons (Fsp3) is 0.667. The van der Waals surface area contributed by atoms with Crippen molar-refractivity contribution in [2.45, 2.75) is 51.1 Å². The molecule has 2 aliphatic rings. The van der Waals surface area contributed by atoms with Gasteiger partial charge in [0.2, 0.25) is 0 Å². The lowest BCUT2D eigenvalue weighted by molar-refractivity contribution is 0.429. The minimum atomic E-state index is 0.550. The molecule has 0 aromatic carbocycles. The molecule has 1 aliphatic carbocycles. The van der Waals surface area contributed by atoms with Gasteiger partial charge in [-0.1, -0.05) is 0 Å². The minimum Gasteiger partial charge on any atom is -0.352 e. The summed E-state index contributed by atoms with van der Waals surface area (Å²) in [5, 5.41) is 8.04. The molecule has 0 radical (unpaired) electrons. The van der Waals surface area contributed by atoms with E-state index in [4.69, 9.17) is 0 Å². The summed E-state index contributed by atoms with van der Waals surface area (Å²) in [7, 11) is 0. The zero-order valence-corrected chi connectivity index (χ0v) is 12.5. The van der Waals surface area contributed by atoms with Gasteiger partial charge in [0.25, 0.3) is 5.78 Å². The van der Waals surface area contributed by atoms with Gasteiger partial charge in [0, 0.05) is 36.9 Å². The second-order valence-corrected chi connectivity index (χ2v) is 6.25. The molecule has 2 fully saturated rings. The average Bonchev–Trinajstić information content (AvgIpc) is 3.21. The van der Waals surface area contributed by atoms with E-state index >= 15 is 0 Å². The van der Waals surface area contributed by atoms with Crippen LogP contribution in [0, 0.1) is 6.92 Å². The third-order valence-electron chi connectivity index (χ3n) is 4.50. The highest BCUT2D eigenvalue weighted by atomic mass is 15.4. The van der Waals surface area contributed by atoms with E-state index in [1.165, 1.54) is 32.1 Å². The maximum atomic E-state index is 4.45. The van der Waals surface area contributed by atoms with Gasteiger partial charge in [0.1, 0.15) is 12.1 Å². The Morgan fingerprint density at radius 3 is 3.05 bits per heavy atom. The standard InChI is InChI=1S/C15H22N6/c1-11-8-14(21-15(19-11)17-10-18-21)20-7-3-2-4-13(20)9-16-12-5-6-12/h8,10,12-13,16H,2-7,9H2,1H3. The van der Waals surface area contributed by atoms with Crippen LogP contribution in [0.25, 0.3) is 5.78 Å². The largest absolute Gasteiger partial charge is 0.352 e. The Balaban J connectivity index is 1.65. The SMILES string of the molecule is Cc1cc(N2CCCCC2CNC2CC2)n2ncnc2n1. The van der Waals surface area contributed by atoms with Gasteiger partial charge >= 0.3 is 0 Å². The highest BCUT2D eigenvalue weighted by Crippen LogP contribution is 2.26. The van der Waals surface area contributed by atoms with Gasteiger partial charge in [-0.15, -0.1) is 0 Å². The maximum absolute atomic E-state index is 4.45. The van der Waals surface area contributed by atoms with Gasteiger partial charge in [-0.2, -0.15) is 14.6 Å². The fourth-order valence-electron chi connectivity index (χ4n) is 3.22. The second kappa shape index (κ2) is 5.26. The zero-order chi connectivity index (χ0) is 14.2. The monoisotopic (exact) mass is 286 g/mol. The van der Waals surface area contributed by atoms with Crippen molar-refractivity contribution in [2.24, 2.45) is 0 Å². The van der Waals surface area contributed by atoms with Crippen LogP contribution in [0.3, 0.4) is 0 Å². The normalized spacial score (nSPS) is 22.9. The highest BCUT2D eigenvalue weighted by Gasteiger charge is 2.28. The molecule has 1 saturated carbocycles. The Labute approximate surface area is 124 Å². The molecule has 2 aromatic heterocycles. The summed E-state index contributed by atoms with van der Waals surface area (Å²) < 4.78 is 1.88. The molecule has 2 aromatic rings. The predicted molar refractivity (Wildman–Crippen MR) is 81.5 cm³/mol. The summed E-state index contributed by atoms with van der Waals surface area (Å²) in [6, 6.07) is 3.45. The van der Waals surface area contributed by atoms with E-state index in [0.717, 1.165) is 30.6 Å². The lowest BCUT2D eigenvalue weighted by Gasteiger charge is -2.37. The summed E-state index contributed by atoms with van der Waals surface area (Å²) in [6.45, 7) is 4.19. The maximum Gasteiger partial charge on any atom is 0.254 e. The quantitative estimate of drug-likeness (QED) is 0.924. The Morgan fingerprint density at radius 1 is 1.29 bits per heavy atom. The van der Waals surface area contributed by atoms with E-state index < -0.39 is 0 Å². The molecule has 4 rings (SSSR count). The molecule has 3 heterocycles. The van der Waals surface area contributed by atoms with Gasteiger partial charge in [0.15, 0.2) is 0 Å². The van der Waals surface area contributed by atoms with E-state index in [0.29, 0.717) is 11.8 Å². The van der Waals surface area contributed by atoms with Crippen LogP contribution in [0.1, 0.15) is 37.8 Å². The number of rotatable bonds is 4. The molecule has 1 N–H and O–H groups in total. The number of fused-ring (bicyclic) bond motifs is 1. The van der Waals surface area contributed by atoms with Crippen molar-refractivity contribution in [2.75, 3.05) is 18.0 Å². The topological polar surface area (TPSA) is 58.4 Å². The molecule has 0 spiro atoms. The van der Waals surface area contributed by atoms with Crippen molar-refractivity contribution in [1.82, 2.24) is 24.9 Å². The first kappa shape index (κ1) is 13.0. The lowest BCUT2D eigenvalue weighted by atomic mass is 10.0. The highest BCUT2D eigenvalue weighted by molar-refractivity contribution is 5.48. The van der Waals surface area contributed by atoms with Crippen LogP contribution in [0.5, 0.6) is 0 Å². The first-order valence-corrected chi connectivity index (χ1v) is 7.99. The van der Waals surface area contributed by atoms with Crippen LogP contribution in [-0.2, 0) is 0 Å². The summed E-state index contributed by atoms with van der Waals surface area (Å²) in [5.74, 6) is 1.83. The molecule has 1 unspecified atom stereocenters. The van der Waals surface area contributed by atoms with Gasteiger partial charge in [-0.3, -0.25) is 0 Å². The Bertz CT molecular complexity index is 632. The number of hydrogen-bond acceptors (Lipinski definition) is 5. The molecule has 1 aliphatic heterocycles. The number of aryl methyl sites for hydroxylation is 1. The number of aromatic nitrogens is 4. The van der Waals surface area contributed by atoms with Gasteiger partial charge in [-0.25, -0.2) is 4.98 Å². The van der Waals surface area contributed by atoms with Gasteiger partial charge < -0.3 is 10.2 Å². The molecule has 6 heteroatoms. The van der Waals surface area contributed by atoms with E-state index in [-0.39, 0.29) is 0 Å². The summed E-state index contributed by atoms with van der Waals surface area (Å²) in [6.07, 6.45) is 8.09. The fourth-order valence-corrected chi connectivity index (χ4v) is 3.22. The third kappa shape index (κ3) is 2.60. The van der Waals surface area contributed by atoms with Gasteiger partial charge in [-0.05, 0) is 39.0 Å². The van der Waals surface area contributed by atoms with Crippen LogP contribution in [0.4, 0.5) is 5.82 Å². The first-order valence-electron chi connectivity index (χ1n) is 7.99. The van der Waals surface area contributed by atoms with Crippen LogP contribution in [0.2, 0.25) is 0 Å². The zero-order valence-electron chi connectivity index (χ0n) is 12.5. The van der Waals surface area contributed by atoms with E-state index in [2.05, 4.69) is 31.3 Å². The second-order valence-electron chi connectivity index (χ2n) is 6.25. The molecule has 0 bridgehead atoms. The predicted octanol–water partition coefficient (Wildman–Crippen LogP) is 1.54. The smallest absolute Gasteiger partial charge is 0.254 e. The van der Waals surface area contributed by atoms with E-state index in [1.54, 1.807) is 6.33 Å². The Hall–Kier alpha value is -1.69. The van der Waals surface area contributed by atoms with Crippen molar-refractivity contribution >= 4 is 11.6 Å². The number of nitrogens with one attached hydrogen (secondary N) is 1. The van der Waals surface area contributed by atoms with E-state index in [1.807, 2.05) is 11.4 Å².